The molecule has 1 rings (SSSR count). The summed E-state index contributed by atoms with van der Waals surface area (Å²) in [5, 5.41) is 3.49. The van der Waals surface area contributed by atoms with Gasteiger partial charge in [0.05, 0.1) is 0 Å². The Morgan fingerprint density at radius 1 is 1.56 bits per heavy atom. The summed E-state index contributed by atoms with van der Waals surface area (Å²) in [5.41, 5.74) is 2.59. The Morgan fingerprint density at radius 2 is 2.38 bits per heavy atom. The summed E-state index contributed by atoms with van der Waals surface area (Å²) in [6.07, 6.45) is 12.0. The molecule has 1 heterocycles. The number of nitrogens with zero attached hydrogens (tertiary/aromatic N) is 1. The minimum atomic E-state index is 0.382. The molecule has 0 amide bonds. The molecule has 16 heavy (non-hydrogen) atoms. The van der Waals surface area contributed by atoms with Crippen LogP contribution in [0.4, 0.5) is 0 Å². The fourth-order valence-corrected chi connectivity index (χ4v) is 1.86. The molecule has 0 aliphatic heterocycles. The first-order valence-corrected chi connectivity index (χ1v) is 5.87. The van der Waals surface area contributed by atoms with E-state index >= 15 is 0 Å². The van der Waals surface area contributed by atoms with Crippen LogP contribution in [0.15, 0.2) is 18.5 Å². The number of hydrogen-bond donors (Lipinski definition) is 1. The molecule has 0 bridgehead atoms. The molecule has 0 fully saturated rings. The van der Waals surface area contributed by atoms with Gasteiger partial charge in [-0.15, -0.1) is 12.3 Å². The van der Waals surface area contributed by atoms with Crippen molar-refractivity contribution in [2.45, 2.75) is 39.2 Å². The van der Waals surface area contributed by atoms with Crippen LogP contribution in [0.25, 0.3) is 0 Å². The molecule has 1 aromatic heterocycles. The van der Waals surface area contributed by atoms with Crippen molar-refractivity contribution in [1.29, 1.82) is 0 Å². The lowest BCUT2D eigenvalue weighted by Crippen LogP contribution is -2.21. The van der Waals surface area contributed by atoms with Crippen LogP contribution in [0, 0.1) is 19.3 Å². The van der Waals surface area contributed by atoms with Crippen LogP contribution in [-0.4, -0.2) is 11.5 Å². The second-order valence-corrected chi connectivity index (χ2v) is 3.94. The Kier molecular flexibility index (Phi) is 5.60. The summed E-state index contributed by atoms with van der Waals surface area (Å²) in [5.74, 6) is 2.69. The summed E-state index contributed by atoms with van der Waals surface area (Å²) >= 11 is 0. The Labute approximate surface area is 98.5 Å². The van der Waals surface area contributed by atoms with Crippen molar-refractivity contribution in [3.05, 3.63) is 29.6 Å². The summed E-state index contributed by atoms with van der Waals surface area (Å²) in [4.78, 5) is 4.20. The van der Waals surface area contributed by atoms with Crippen molar-refractivity contribution in [2.24, 2.45) is 0 Å². The van der Waals surface area contributed by atoms with Gasteiger partial charge in [-0.2, -0.15) is 0 Å². The van der Waals surface area contributed by atoms with Crippen LogP contribution in [0.1, 0.15) is 43.4 Å². The van der Waals surface area contributed by atoms with E-state index in [0.29, 0.717) is 6.04 Å². The summed E-state index contributed by atoms with van der Waals surface area (Å²) in [7, 11) is 0. The molecule has 0 saturated heterocycles. The number of rotatable bonds is 6. The lowest BCUT2D eigenvalue weighted by Gasteiger charge is -2.19. The number of aromatic nitrogens is 1. The van der Waals surface area contributed by atoms with Crippen LogP contribution in [0.3, 0.4) is 0 Å². The monoisotopic (exact) mass is 216 g/mol. The van der Waals surface area contributed by atoms with Gasteiger partial charge >= 0.3 is 0 Å². The summed E-state index contributed by atoms with van der Waals surface area (Å²) in [6.45, 7) is 5.22. The van der Waals surface area contributed by atoms with E-state index in [1.807, 2.05) is 12.4 Å². The molecule has 2 nitrogen and oxygen atoms in total. The third kappa shape index (κ3) is 3.67. The molecule has 86 valence electrons. The summed E-state index contributed by atoms with van der Waals surface area (Å²) < 4.78 is 0. The standard InChI is InChI=1S/C14H20N2/c1-4-6-7-8-14(16-5-2)13-11-15-10-9-12(13)3/h1,9-11,14,16H,5-8H2,2-3H3. The fourth-order valence-electron chi connectivity index (χ4n) is 1.86. The number of aryl methyl sites for hydroxylation is 1. The molecular weight excluding hydrogens is 196 g/mol. The van der Waals surface area contributed by atoms with E-state index in [1.54, 1.807) is 0 Å². The minimum Gasteiger partial charge on any atom is -0.310 e. The fraction of sp³-hybridized carbons (Fsp3) is 0.500. The highest BCUT2D eigenvalue weighted by Crippen LogP contribution is 2.21. The maximum Gasteiger partial charge on any atom is 0.0338 e. The predicted molar refractivity (Wildman–Crippen MR) is 68.1 cm³/mol. The van der Waals surface area contributed by atoms with E-state index in [0.717, 1.165) is 25.8 Å². The lowest BCUT2D eigenvalue weighted by molar-refractivity contribution is 0.498. The van der Waals surface area contributed by atoms with Crippen molar-refractivity contribution in [2.75, 3.05) is 6.54 Å². The molecule has 1 unspecified atom stereocenters. The molecule has 0 radical (unpaired) electrons. The SMILES string of the molecule is C#CCCCC(NCC)c1cnccc1C. The van der Waals surface area contributed by atoms with Gasteiger partial charge in [-0.05, 0) is 43.5 Å². The first-order valence-electron chi connectivity index (χ1n) is 5.87. The van der Waals surface area contributed by atoms with Crippen LogP contribution >= 0.6 is 0 Å². The van der Waals surface area contributed by atoms with Crippen molar-refractivity contribution in [3.8, 4) is 12.3 Å². The molecule has 0 spiro atoms. The summed E-state index contributed by atoms with van der Waals surface area (Å²) in [6, 6.07) is 2.44. The predicted octanol–water partition coefficient (Wildman–Crippen LogP) is 2.84. The lowest BCUT2D eigenvalue weighted by atomic mass is 9.99. The van der Waals surface area contributed by atoms with Gasteiger partial charge in [-0.3, -0.25) is 4.98 Å². The third-order valence-corrected chi connectivity index (χ3v) is 2.72. The average molecular weight is 216 g/mol. The maximum atomic E-state index is 5.27. The molecule has 0 aliphatic rings. The number of hydrogen-bond acceptors (Lipinski definition) is 2. The Morgan fingerprint density at radius 3 is 3.00 bits per heavy atom. The smallest absolute Gasteiger partial charge is 0.0338 e. The zero-order valence-corrected chi connectivity index (χ0v) is 10.2. The molecule has 1 atom stereocenters. The molecule has 1 N–H and O–H groups in total. The van der Waals surface area contributed by atoms with Crippen LogP contribution in [-0.2, 0) is 0 Å². The van der Waals surface area contributed by atoms with Crippen LogP contribution in [0.5, 0.6) is 0 Å². The molecule has 0 aromatic carbocycles. The normalized spacial score (nSPS) is 12.1. The van der Waals surface area contributed by atoms with E-state index < -0.39 is 0 Å². The van der Waals surface area contributed by atoms with E-state index in [-0.39, 0.29) is 0 Å². The second kappa shape index (κ2) is 7.03. The van der Waals surface area contributed by atoms with Crippen molar-refractivity contribution >= 4 is 0 Å². The quantitative estimate of drug-likeness (QED) is 0.584. The highest BCUT2D eigenvalue weighted by Gasteiger charge is 2.11. The van der Waals surface area contributed by atoms with Gasteiger partial charge in [-0.1, -0.05) is 6.92 Å². The highest BCUT2D eigenvalue weighted by molar-refractivity contribution is 5.25. The van der Waals surface area contributed by atoms with E-state index in [1.165, 1.54) is 11.1 Å². The van der Waals surface area contributed by atoms with Crippen LogP contribution in [0.2, 0.25) is 0 Å². The number of nitrogens with one attached hydrogen (secondary N) is 1. The average Bonchev–Trinajstić information content (AvgIpc) is 2.29. The topological polar surface area (TPSA) is 24.9 Å². The Hall–Kier alpha value is -1.33. The Bertz CT molecular complexity index is 352. The van der Waals surface area contributed by atoms with Crippen molar-refractivity contribution < 1.29 is 0 Å². The molecular formula is C14H20N2. The molecule has 1 aromatic rings. The number of pyridine rings is 1. The minimum absolute atomic E-state index is 0.382. The molecule has 0 saturated carbocycles. The van der Waals surface area contributed by atoms with Gasteiger partial charge in [0, 0.05) is 24.9 Å². The van der Waals surface area contributed by atoms with Gasteiger partial charge in [0.2, 0.25) is 0 Å². The number of terminal acetylenes is 1. The zero-order chi connectivity index (χ0) is 11.8. The zero-order valence-electron chi connectivity index (χ0n) is 10.2. The highest BCUT2D eigenvalue weighted by atomic mass is 14.9. The van der Waals surface area contributed by atoms with Gasteiger partial charge in [0.25, 0.3) is 0 Å². The first kappa shape index (κ1) is 12.7. The second-order valence-electron chi connectivity index (χ2n) is 3.94. The largest absolute Gasteiger partial charge is 0.310 e. The van der Waals surface area contributed by atoms with E-state index in [4.69, 9.17) is 6.42 Å². The van der Waals surface area contributed by atoms with E-state index in [2.05, 4.69) is 36.1 Å². The van der Waals surface area contributed by atoms with Gasteiger partial charge in [0.15, 0.2) is 0 Å². The first-order chi connectivity index (χ1) is 7.79. The van der Waals surface area contributed by atoms with Gasteiger partial charge < -0.3 is 5.32 Å². The molecule has 0 aliphatic carbocycles. The maximum absolute atomic E-state index is 5.27. The van der Waals surface area contributed by atoms with Gasteiger partial charge in [0.1, 0.15) is 0 Å². The molecule has 2 heteroatoms. The Balaban J connectivity index is 2.69. The van der Waals surface area contributed by atoms with E-state index in [9.17, 15) is 0 Å². The third-order valence-electron chi connectivity index (χ3n) is 2.72. The van der Waals surface area contributed by atoms with Gasteiger partial charge in [-0.25, -0.2) is 0 Å². The van der Waals surface area contributed by atoms with Crippen molar-refractivity contribution in [3.63, 3.8) is 0 Å². The van der Waals surface area contributed by atoms with Crippen LogP contribution < -0.4 is 5.32 Å². The van der Waals surface area contributed by atoms with Crippen molar-refractivity contribution in [1.82, 2.24) is 10.3 Å². The number of unbranched alkanes of at least 4 members (excludes halogenated alkanes) is 1.